The van der Waals surface area contributed by atoms with Gasteiger partial charge in [0.2, 0.25) is 0 Å². The first kappa shape index (κ1) is 14.2. The zero-order valence-corrected chi connectivity index (χ0v) is 11.9. The van der Waals surface area contributed by atoms with E-state index >= 15 is 0 Å². The molecule has 2 rings (SSSR count). The van der Waals surface area contributed by atoms with Crippen LogP contribution in [0.1, 0.15) is 17.5 Å². The molecule has 1 unspecified atom stereocenters. The Labute approximate surface area is 118 Å². The molecule has 1 fully saturated rings. The fraction of sp³-hybridized carbons (Fsp3) is 0.400. The summed E-state index contributed by atoms with van der Waals surface area (Å²) >= 11 is 2.01. The van der Waals surface area contributed by atoms with Crippen molar-refractivity contribution >= 4 is 23.8 Å². The summed E-state index contributed by atoms with van der Waals surface area (Å²) in [5, 5.41) is 8.72. The van der Waals surface area contributed by atoms with E-state index in [0.717, 1.165) is 12.1 Å². The average Bonchev–Trinajstić information content (AvgIpc) is 2.91. The summed E-state index contributed by atoms with van der Waals surface area (Å²) in [6, 6.07) is 8.62. The number of carbonyl (C=O) groups is 1. The van der Waals surface area contributed by atoms with Gasteiger partial charge in [0.1, 0.15) is 0 Å². The van der Waals surface area contributed by atoms with Gasteiger partial charge in [0, 0.05) is 24.4 Å². The van der Waals surface area contributed by atoms with Crippen LogP contribution in [0.4, 0.5) is 0 Å². The summed E-state index contributed by atoms with van der Waals surface area (Å²) in [7, 11) is 2.15. The number of hydrogen-bond acceptors (Lipinski definition) is 3. The normalized spacial score (nSPS) is 19.4. The smallest absolute Gasteiger partial charge is 0.328 e. The Morgan fingerprint density at radius 3 is 3.00 bits per heavy atom. The number of hydrogen-bond donors (Lipinski definition) is 1. The summed E-state index contributed by atoms with van der Waals surface area (Å²) in [5.74, 6) is 1.54. The molecule has 0 amide bonds. The number of benzene rings is 1. The fourth-order valence-corrected chi connectivity index (χ4v) is 3.57. The van der Waals surface area contributed by atoms with E-state index in [1.165, 1.54) is 29.6 Å². The van der Waals surface area contributed by atoms with Gasteiger partial charge in [0.15, 0.2) is 0 Å². The summed E-state index contributed by atoms with van der Waals surface area (Å²) in [4.78, 5) is 13.0. The second-order valence-corrected chi connectivity index (χ2v) is 5.95. The Bertz CT molecular complexity index is 467. The molecule has 19 heavy (non-hydrogen) atoms. The van der Waals surface area contributed by atoms with Gasteiger partial charge in [-0.3, -0.25) is 4.90 Å². The zero-order valence-electron chi connectivity index (χ0n) is 11.1. The van der Waals surface area contributed by atoms with Crippen LogP contribution in [0.15, 0.2) is 30.3 Å². The van der Waals surface area contributed by atoms with Crippen LogP contribution in [0.5, 0.6) is 0 Å². The van der Waals surface area contributed by atoms with Crippen molar-refractivity contribution < 1.29 is 9.90 Å². The molecule has 0 aromatic heterocycles. The summed E-state index contributed by atoms with van der Waals surface area (Å²) in [6.07, 6.45) is 4.12. The van der Waals surface area contributed by atoms with Crippen molar-refractivity contribution in [3.63, 3.8) is 0 Å². The van der Waals surface area contributed by atoms with E-state index in [0.29, 0.717) is 6.04 Å². The Balaban J connectivity index is 2.08. The van der Waals surface area contributed by atoms with Crippen molar-refractivity contribution in [1.82, 2.24) is 4.90 Å². The molecule has 0 radical (unpaired) electrons. The quantitative estimate of drug-likeness (QED) is 0.840. The highest BCUT2D eigenvalue weighted by Gasteiger charge is 2.20. The SMILES string of the molecule is CN(Cc1ccccc1C=CC(=O)O)C1CCSC1. The lowest BCUT2D eigenvalue weighted by Crippen LogP contribution is -2.31. The minimum Gasteiger partial charge on any atom is -0.478 e. The third-order valence-corrected chi connectivity index (χ3v) is 4.55. The maximum atomic E-state index is 10.6. The average molecular weight is 277 g/mol. The summed E-state index contributed by atoms with van der Waals surface area (Å²) in [6.45, 7) is 0.866. The highest BCUT2D eigenvalue weighted by molar-refractivity contribution is 7.99. The lowest BCUT2D eigenvalue weighted by atomic mass is 10.1. The Morgan fingerprint density at radius 2 is 2.32 bits per heavy atom. The number of nitrogens with zero attached hydrogens (tertiary/aromatic N) is 1. The van der Waals surface area contributed by atoms with Gasteiger partial charge in [-0.05, 0) is 36.4 Å². The molecular weight excluding hydrogens is 258 g/mol. The molecule has 1 saturated heterocycles. The van der Waals surface area contributed by atoms with Crippen molar-refractivity contribution in [3.05, 3.63) is 41.5 Å². The van der Waals surface area contributed by atoms with Gasteiger partial charge < -0.3 is 5.11 Å². The lowest BCUT2D eigenvalue weighted by molar-refractivity contribution is -0.131. The second kappa shape index (κ2) is 6.78. The third-order valence-electron chi connectivity index (χ3n) is 3.41. The predicted molar refractivity (Wildman–Crippen MR) is 80.3 cm³/mol. The first-order chi connectivity index (χ1) is 9.16. The number of carboxylic acids is 1. The molecule has 1 aromatic carbocycles. The fourth-order valence-electron chi connectivity index (χ4n) is 2.27. The van der Waals surface area contributed by atoms with Crippen molar-refractivity contribution in [3.8, 4) is 0 Å². The van der Waals surface area contributed by atoms with E-state index in [-0.39, 0.29) is 0 Å². The molecule has 102 valence electrons. The predicted octanol–water partition coefficient (Wildman–Crippen LogP) is 2.72. The molecule has 0 aliphatic carbocycles. The summed E-state index contributed by atoms with van der Waals surface area (Å²) < 4.78 is 0. The van der Waals surface area contributed by atoms with Gasteiger partial charge in [-0.15, -0.1) is 0 Å². The van der Waals surface area contributed by atoms with Crippen LogP contribution in [-0.2, 0) is 11.3 Å². The molecular formula is C15H19NO2S. The molecule has 0 bridgehead atoms. The lowest BCUT2D eigenvalue weighted by Gasteiger charge is -2.24. The van der Waals surface area contributed by atoms with Gasteiger partial charge >= 0.3 is 5.97 Å². The van der Waals surface area contributed by atoms with Crippen LogP contribution in [0, 0.1) is 0 Å². The molecule has 1 atom stereocenters. The molecule has 1 aliphatic heterocycles. The topological polar surface area (TPSA) is 40.5 Å². The number of aliphatic carboxylic acids is 1. The highest BCUT2D eigenvalue weighted by atomic mass is 32.2. The number of thioether (sulfide) groups is 1. The minimum absolute atomic E-state index is 0.640. The minimum atomic E-state index is -0.907. The van der Waals surface area contributed by atoms with Gasteiger partial charge in [-0.25, -0.2) is 4.79 Å². The van der Waals surface area contributed by atoms with E-state index in [1.54, 1.807) is 6.08 Å². The van der Waals surface area contributed by atoms with Crippen molar-refractivity contribution in [2.45, 2.75) is 19.0 Å². The number of rotatable bonds is 5. The Kier molecular flexibility index (Phi) is 5.05. The zero-order chi connectivity index (χ0) is 13.7. The van der Waals surface area contributed by atoms with Crippen LogP contribution in [0.25, 0.3) is 6.08 Å². The molecule has 1 aromatic rings. The van der Waals surface area contributed by atoms with Crippen LogP contribution in [-0.4, -0.2) is 40.6 Å². The summed E-state index contributed by atoms with van der Waals surface area (Å²) in [5.41, 5.74) is 2.17. The van der Waals surface area contributed by atoms with E-state index in [1.807, 2.05) is 30.0 Å². The standard InChI is InChI=1S/C15H19NO2S/c1-16(14-8-9-19-11-14)10-13-5-3-2-4-12(13)6-7-15(17)18/h2-7,14H,8-11H2,1H3,(H,17,18). The van der Waals surface area contributed by atoms with E-state index in [4.69, 9.17) is 5.11 Å². The Morgan fingerprint density at radius 1 is 1.53 bits per heavy atom. The van der Waals surface area contributed by atoms with Gasteiger partial charge in [0.05, 0.1) is 0 Å². The van der Waals surface area contributed by atoms with Gasteiger partial charge in [-0.2, -0.15) is 11.8 Å². The second-order valence-electron chi connectivity index (χ2n) is 4.80. The van der Waals surface area contributed by atoms with Crippen LogP contribution >= 0.6 is 11.8 Å². The van der Waals surface area contributed by atoms with E-state index in [9.17, 15) is 4.79 Å². The maximum absolute atomic E-state index is 10.6. The molecule has 1 heterocycles. The maximum Gasteiger partial charge on any atom is 0.328 e. The van der Waals surface area contributed by atoms with E-state index in [2.05, 4.69) is 18.0 Å². The Hall–Kier alpha value is -1.26. The van der Waals surface area contributed by atoms with Crippen molar-refractivity contribution in [2.24, 2.45) is 0 Å². The first-order valence-electron chi connectivity index (χ1n) is 6.43. The molecule has 0 spiro atoms. The van der Waals surface area contributed by atoms with Gasteiger partial charge in [-0.1, -0.05) is 24.3 Å². The molecule has 1 aliphatic rings. The highest BCUT2D eigenvalue weighted by Crippen LogP contribution is 2.23. The molecule has 3 nitrogen and oxygen atoms in total. The van der Waals surface area contributed by atoms with Crippen LogP contribution in [0.2, 0.25) is 0 Å². The van der Waals surface area contributed by atoms with Crippen molar-refractivity contribution in [1.29, 1.82) is 0 Å². The molecule has 1 N–H and O–H groups in total. The first-order valence-corrected chi connectivity index (χ1v) is 7.59. The largest absolute Gasteiger partial charge is 0.478 e. The van der Waals surface area contributed by atoms with E-state index < -0.39 is 5.97 Å². The monoisotopic (exact) mass is 277 g/mol. The van der Waals surface area contributed by atoms with Gasteiger partial charge in [0.25, 0.3) is 0 Å². The van der Waals surface area contributed by atoms with Crippen LogP contribution in [0.3, 0.4) is 0 Å². The third kappa shape index (κ3) is 4.11. The molecule has 4 heteroatoms. The molecule has 0 saturated carbocycles. The van der Waals surface area contributed by atoms with Crippen molar-refractivity contribution in [2.75, 3.05) is 18.6 Å². The van der Waals surface area contributed by atoms with Crippen LogP contribution < -0.4 is 0 Å². The number of carboxylic acid groups (broad SMARTS) is 1.